The van der Waals surface area contributed by atoms with Crippen LogP contribution in [0.1, 0.15) is 16.8 Å². The van der Waals surface area contributed by atoms with Gasteiger partial charge in [0.15, 0.2) is 0 Å². The molecule has 1 aromatic heterocycles. The lowest BCUT2D eigenvalue weighted by atomic mass is 10.0. The third-order valence-electron chi connectivity index (χ3n) is 4.71. The van der Waals surface area contributed by atoms with Crippen LogP contribution >= 0.6 is 15.9 Å². The molecule has 1 amide bonds. The first-order chi connectivity index (χ1) is 15.3. The summed E-state index contributed by atoms with van der Waals surface area (Å²) in [7, 11) is 3.49. The second kappa shape index (κ2) is 12.0. The minimum Gasteiger partial charge on any atom is -0.496 e. The number of nitrogens with two attached hydrogens (primary N) is 2. The van der Waals surface area contributed by atoms with Crippen LogP contribution in [-0.2, 0) is 11.4 Å². The molecule has 0 unspecified atom stereocenters. The zero-order valence-corrected chi connectivity index (χ0v) is 20.1. The number of aromatic nitrogens is 1. The second-order valence-corrected chi connectivity index (χ2v) is 7.80. The molecule has 0 saturated heterocycles. The van der Waals surface area contributed by atoms with E-state index < -0.39 is 0 Å². The number of ether oxygens (including phenoxy) is 2. The maximum absolute atomic E-state index is 8.94. The van der Waals surface area contributed by atoms with Gasteiger partial charge in [-0.3, -0.25) is 10.2 Å². The van der Waals surface area contributed by atoms with Crippen molar-refractivity contribution in [1.29, 1.82) is 0 Å². The molecule has 0 aliphatic carbocycles. The van der Waals surface area contributed by atoms with Crippen LogP contribution in [0.4, 0.5) is 5.69 Å². The Balaban J connectivity index is 0.000000837. The predicted molar refractivity (Wildman–Crippen MR) is 130 cm³/mol. The van der Waals surface area contributed by atoms with Gasteiger partial charge < -0.3 is 14.5 Å². The van der Waals surface area contributed by atoms with Crippen LogP contribution < -0.4 is 31.6 Å². The van der Waals surface area contributed by atoms with Crippen LogP contribution in [0.15, 0.2) is 53.0 Å². The molecular formula is C23H28BrN5O3. The number of hydrogen-bond acceptors (Lipinski definition) is 7. The van der Waals surface area contributed by atoms with E-state index in [1.54, 1.807) is 17.5 Å². The molecule has 8 nitrogen and oxygen atoms in total. The number of benzene rings is 2. The SMILES string of the molecule is COc1ccc(Br)cc1-c1ccc(OCc2c(C)cccc2N(C)N)nc1C.NNC=O. The average molecular weight is 502 g/mol. The van der Waals surface area contributed by atoms with E-state index in [4.69, 9.17) is 20.1 Å². The number of halogens is 1. The van der Waals surface area contributed by atoms with Gasteiger partial charge in [-0.05, 0) is 49.7 Å². The summed E-state index contributed by atoms with van der Waals surface area (Å²) in [5, 5.41) is 1.60. The van der Waals surface area contributed by atoms with Crippen molar-refractivity contribution in [2.24, 2.45) is 11.7 Å². The first kappa shape index (κ1) is 25.1. The van der Waals surface area contributed by atoms with Crippen LogP contribution in [0, 0.1) is 13.8 Å². The minimum atomic E-state index is 0.398. The molecule has 3 aromatic rings. The van der Waals surface area contributed by atoms with Crippen molar-refractivity contribution in [1.82, 2.24) is 10.4 Å². The van der Waals surface area contributed by atoms with Crippen molar-refractivity contribution in [3.63, 3.8) is 0 Å². The Labute approximate surface area is 196 Å². The summed E-state index contributed by atoms with van der Waals surface area (Å²) in [5.41, 5.74) is 7.72. The number of hydrazine groups is 2. The Bertz CT molecular complexity index is 1060. The molecule has 1 heterocycles. The normalized spacial score (nSPS) is 9.97. The van der Waals surface area contributed by atoms with Crippen molar-refractivity contribution in [3.8, 4) is 22.8 Å². The second-order valence-electron chi connectivity index (χ2n) is 6.88. The zero-order valence-electron chi connectivity index (χ0n) is 18.6. The number of anilines is 1. The molecule has 0 aliphatic heterocycles. The molecule has 0 bridgehead atoms. The van der Waals surface area contributed by atoms with Gasteiger partial charge in [0.05, 0.1) is 12.8 Å². The molecule has 0 spiro atoms. The van der Waals surface area contributed by atoms with Gasteiger partial charge in [0.2, 0.25) is 12.3 Å². The fourth-order valence-corrected chi connectivity index (χ4v) is 3.51. The predicted octanol–water partition coefficient (Wildman–Crippen LogP) is 3.63. The summed E-state index contributed by atoms with van der Waals surface area (Å²) in [6.45, 7) is 4.41. The highest BCUT2D eigenvalue weighted by atomic mass is 79.9. The highest BCUT2D eigenvalue weighted by Crippen LogP contribution is 2.35. The minimum absolute atomic E-state index is 0.398. The lowest BCUT2D eigenvalue weighted by Gasteiger charge is -2.19. The molecule has 9 heteroatoms. The molecule has 32 heavy (non-hydrogen) atoms. The first-order valence-corrected chi connectivity index (χ1v) is 10.5. The van der Waals surface area contributed by atoms with Gasteiger partial charge >= 0.3 is 0 Å². The fourth-order valence-electron chi connectivity index (χ4n) is 3.14. The van der Waals surface area contributed by atoms with E-state index in [0.717, 1.165) is 43.9 Å². The van der Waals surface area contributed by atoms with Crippen LogP contribution in [0.3, 0.4) is 0 Å². The van der Waals surface area contributed by atoms with Crippen molar-refractivity contribution >= 4 is 28.0 Å². The van der Waals surface area contributed by atoms with Crippen molar-refractivity contribution < 1.29 is 14.3 Å². The lowest BCUT2D eigenvalue weighted by Crippen LogP contribution is -2.26. The Morgan fingerprint density at radius 2 is 1.88 bits per heavy atom. The number of pyridine rings is 1. The third-order valence-corrected chi connectivity index (χ3v) is 5.20. The summed E-state index contributed by atoms with van der Waals surface area (Å²) in [5.74, 6) is 11.7. The highest BCUT2D eigenvalue weighted by molar-refractivity contribution is 9.10. The van der Waals surface area contributed by atoms with Crippen LogP contribution in [0.5, 0.6) is 11.6 Å². The van der Waals surface area contributed by atoms with Gasteiger partial charge in [-0.25, -0.2) is 16.7 Å². The molecule has 0 aliphatic rings. The van der Waals surface area contributed by atoms with Crippen molar-refractivity contribution in [2.75, 3.05) is 19.2 Å². The van der Waals surface area contributed by atoms with Gasteiger partial charge in [-0.2, -0.15) is 0 Å². The zero-order chi connectivity index (χ0) is 23.7. The van der Waals surface area contributed by atoms with Gasteiger partial charge in [0.25, 0.3) is 0 Å². The molecule has 0 radical (unpaired) electrons. The van der Waals surface area contributed by atoms with E-state index in [1.165, 1.54) is 0 Å². The largest absolute Gasteiger partial charge is 0.496 e. The smallest absolute Gasteiger partial charge is 0.221 e. The maximum Gasteiger partial charge on any atom is 0.221 e. The molecule has 5 N–H and O–H groups in total. The number of hydrogen-bond donors (Lipinski definition) is 3. The summed E-state index contributed by atoms with van der Waals surface area (Å²) in [4.78, 5) is 13.6. The van der Waals surface area contributed by atoms with Crippen molar-refractivity contribution in [3.05, 3.63) is 69.8 Å². The van der Waals surface area contributed by atoms with Crippen LogP contribution in [-0.4, -0.2) is 25.6 Å². The van der Waals surface area contributed by atoms with Gasteiger partial charge in [0.1, 0.15) is 12.4 Å². The molecule has 0 atom stereocenters. The topological polar surface area (TPSA) is 116 Å². The maximum atomic E-state index is 8.94. The van der Waals surface area contributed by atoms with E-state index >= 15 is 0 Å². The van der Waals surface area contributed by atoms with Gasteiger partial charge in [-0.1, -0.05) is 28.1 Å². The average Bonchev–Trinajstić information content (AvgIpc) is 2.78. The van der Waals surface area contributed by atoms with E-state index in [9.17, 15) is 0 Å². The number of nitrogens with one attached hydrogen (secondary N) is 1. The first-order valence-electron chi connectivity index (χ1n) is 9.73. The van der Waals surface area contributed by atoms with Crippen LogP contribution in [0.25, 0.3) is 11.1 Å². The Hall–Kier alpha value is -3.14. The van der Waals surface area contributed by atoms with Gasteiger partial charge in [0, 0.05) is 40.0 Å². The molecular weight excluding hydrogens is 474 g/mol. The monoisotopic (exact) mass is 501 g/mol. The summed E-state index contributed by atoms with van der Waals surface area (Å²) < 4.78 is 12.5. The summed E-state index contributed by atoms with van der Waals surface area (Å²) >= 11 is 3.52. The van der Waals surface area contributed by atoms with Crippen molar-refractivity contribution in [2.45, 2.75) is 20.5 Å². The summed E-state index contributed by atoms with van der Waals surface area (Å²) in [6.07, 6.45) is 0.403. The molecule has 0 fully saturated rings. The Morgan fingerprint density at radius 1 is 1.16 bits per heavy atom. The van der Waals surface area contributed by atoms with Crippen LogP contribution in [0.2, 0.25) is 0 Å². The standard InChI is InChI=1S/C22H24BrN3O2.CH4N2O/c1-14-6-5-7-20(26(3)24)19(14)13-28-22-11-9-17(15(2)25-22)18-12-16(23)8-10-21(18)27-4;2-3-1-4/h5-12H,13,24H2,1-4H3;1H,2H2,(H,3,4). The molecule has 2 aromatic carbocycles. The molecule has 170 valence electrons. The molecule has 3 rings (SSSR count). The Morgan fingerprint density at radius 3 is 2.47 bits per heavy atom. The number of rotatable bonds is 7. The summed E-state index contributed by atoms with van der Waals surface area (Å²) in [6, 6.07) is 15.8. The van der Waals surface area contributed by atoms with E-state index in [-0.39, 0.29) is 0 Å². The number of amides is 1. The Kier molecular flexibility index (Phi) is 9.45. The lowest BCUT2D eigenvalue weighted by molar-refractivity contribution is -0.109. The fraction of sp³-hybridized carbons (Fsp3) is 0.217. The number of methoxy groups -OCH3 is 1. The van der Waals surface area contributed by atoms with Gasteiger partial charge in [-0.15, -0.1) is 0 Å². The molecule has 0 saturated carbocycles. The van der Waals surface area contributed by atoms with E-state index in [2.05, 4.69) is 26.8 Å². The highest BCUT2D eigenvalue weighted by Gasteiger charge is 2.13. The van der Waals surface area contributed by atoms with E-state index in [1.807, 2.05) is 69.4 Å². The quantitative estimate of drug-likeness (QED) is 0.196. The number of nitrogens with zero attached hydrogens (tertiary/aromatic N) is 2. The number of carbonyl (C=O) groups excluding carboxylic acids is 1. The third kappa shape index (κ3) is 6.43. The number of aryl methyl sites for hydroxylation is 2. The van der Waals surface area contributed by atoms with E-state index in [0.29, 0.717) is 18.9 Å². The number of carbonyl (C=O) groups is 1.